The predicted octanol–water partition coefficient (Wildman–Crippen LogP) is 3.96. The molecule has 0 radical (unpaired) electrons. The third kappa shape index (κ3) is 4.98. The van der Waals surface area contributed by atoms with Crippen LogP contribution in [-0.2, 0) is 20.7 Å². The molecule has 0 bridgehead atoms. The summed E-state index contributed by atoms with van der Waals surface area (Å²) in [6, 6.07) is 13.8. The summed E-state index contributed by atoms with van der Waals surface area (Å²) >= 11 is 12.2. The van der Waals surface area contributed by atoms with Gasteiger partial charge in [-0.3, -0.25) is 9.59 Å². The molecule has 0 aliphatic carbocycles. The zero-order chi connectivity index (χ0) is 17.5. The van der Waals surface area contributed by atoms with Crippen molar-refractivity contribution < 1.29 is 14.3 Å². The zero-order valence-corrected chi connectivity index (χ0v) is 14.6. The molecule has 4 nitrogen and oxygen atoms in total. The van der Waals surface area contributed by atoms with Crippen molar-refractivity contribution in [3.63, 3.8) is 0 Å². The molecular weight excluding hydrogens is 349 g/mol. The molecule has 2 aromatic rings. The summed E-state index contributed by atoms with van der Waals surface area (Å²) in [5.41, 5.74) is 1.38. The molecular formula is C18H17Cl2NO3. The van der Waals surface area contributed by atoms with Crippen molar-refractivity contribution >= 4 is 35.1 Å². The Bertz CT molecular complexity index is 699. The quantitative estimate of drug-likeness (QED) is 0.788. The molecule has 2 aromatic carbocycles. The molecule has 0 heterocycles. The molecule has 0 saturated heterocycles. The van der Waals surface area contributed by atoms with Gasteiger partial charge in [0.1, 0.15) is 0 Å². The number of benzene rings is 2. The fourth-order valence-corrected chi connectivity index (χ4v) is 2.83. The molecule has 126 valence electrons. The Morgan fingerprint density at radius 1 is 1.04 bits per heavy atom. The maximum absolute atomic E-state index is 12.4. The standard InChI is InChI=1S/C18H17Cl2NO3/c1-24-18(23)11-16(12-6-3-2-4-7-12)21-17(22)10-13-14(19)8-5-9-15(13)20/h2-9,16H,10-11H2,1H3,(H,21,22)/t16-/m0/s1. The number of amides is 1. The first kappa shape index (κ1) is 18.3. The monoisotopic (exact) mass is 365 g/mol. The van der Waals surface area contributed by atoms with Crippen molar-refractivity contribution in [2.75, 3.05) is 7.11 Å². The first-order chi connectivity index (χ1) is 11.5. The van der Waals surface area contributed by atoms with Crippen LogP contribution in [0.2, 0.25) is 10.0 Å². The topological polar surface area (TPSA) is 55.4 Å². The van der Waals surface area contributed by atoms with Gasteiger partial charge >= 0.3 is 5.97 Å². The Hall–Kier alpha value is -2.04. The van der Waals surface area contributed by atoms with E-state index < -0.39 is 12.0 Å². The van der Waals surface area contributed by atoms with E-state index in [0.29, 0.717) is 15.6 Å². The molecule has 0 unspecified atom stereocenters. The highest BCUT2D eigenvalue weighted by atomic mass is 35.5. The highest BCUT2D eigenvalue weighted by molar-refractivity contribution is 6.36. The van der Waals surface area contributed by atoms with E-state index in [-0.39, 0.29) is 18.7 Å². The lowest BCUT2D eigenvalue weighted by atomic mass is 10.0. The van der Waals surface area contributed by atoms with Crippen LogP contribution in [0.3, 0.4) is 0 Å². The Labute approximate surface area is 150 Å². The van der Waals surface area contributed by atoms with Crippen molar-refractivity contribution in [3.8, 4) is 0 Å². The first-order valence-corrected chi connectivity index (χ1v) is 8.11. The molecule has 1 N–H and O–H groups in total. The van der Waals surface area contributed by atoms with Crippen molar-refractivity contribution in [2.24, 2.45) is 0 Å². The summed E-state index contributed by atoms with van der Waals surface area (Å²) in [4.78, 5) is 24.0. The van der Waals surface area contributed by atoms with Crippen molar-refractivity contribution in [2.45, 2.75) is 18.9 Å². The minimum absolute atomic E-state index is 0.0308. The average molecular weight is 366 g/mol. The number of methoxy groups -OCH3 is 1. The van der Waals surface area contributed by atoms with Crippen molar-refractivity contribution in [1.82, 2.24) is 5.32 Å². The van der Waals surface area contributed by atoms with Gasteiger partial charge in [-0.25, -0.2) is 0 Å². The van der Waals surface area contributed by atoms with Crippen LogP contribution in [0.25, 0.3) is 0 Å². The van der Waals surface area contributed by atoms with Crippen LogP contribution >= 0.6 is 23.2 Å². The Morgan fingerprint density at radius 3 is 2.25 bits per heavy atom. The van der Waals surface area contributed by atoms with Crippen molar-refractivity contribution in [1.29, 1.82) is 0 Å². The molecule has 1 atom stereocenters. The number of hydrogen-bond donors (Lipinski definition) is 1. The SMILES string of the molecule is COC(=O)C[C@H](NC(=O)Cc1c(Cl)cccc1Cl)c1ccccc1. The summed E-state index contributed by atoms with van der Waals surface area (Å²) in [5, 5.41) is 3.71. The molecule has 0 aromatic heterocycles. The minimum Gasteiger partial charge on any atom is -0.469 e. The van der Waals surface area contributed by atoms with Gasteiger partial charge in [0.05, 0.1) is 26.0 Å². The van der Waals surface area contributed by atoms with Gasteiger partial charge in [-0.2, -0.15) is 0 Å². The number of carbonyl (C=O) groups is 2. The lowest BCUT2D eigenvalue weighted by Crippen LogP contribution is -2.31. The Kier molecular flexibility index (Phi) is 6.64. The van der Waals surface area contributed by atoms with Crippen LogP contribution in [0.4, 0.5) is 0 Å². The molecule has 0 saturated carbocycles. The van der Waals surface area contributed by atoms with Crippen LogP contribution in [0.5, 0.6) is 0 Å². The molecule has 6 heteroatoms. The van der Waals surface area contributed by atoms with Gasteiger partial charge < -0.3 is 10.1 Å². The predicted molar refractivity (Wildman–Crippen MR) is 94.1 cm³/mol. The maximum Gasteiger partial charge on any atom is 0.307 e. The summed E-state index contributed by atoms with van der Waals surface area (Å²) in [5.74, 6) is -0.678. The highest BCUT2D eigenvalue weighted by Crippen LogP contribution is 2.25. The third-order valence-electron chi connectivity index (χ3n) is 3.53. The Morgan fingerprint density at radius 2 is 1.67 bits per heavy atom. The molecule has 0 fully saturated rings. The minimum atomic E-state index is -0.479. The third-order valence-corrected chi connectivity index (χ3v) is 4.24. The largest absolute Gasteiger partial charge is 0.469 e. The van der Waals surface area contributed by atoms with Gasteiger partial charge in [0, 0.05) is 10.0 Å². The Balaban J connectivity index is 2.14. The lowest BCUT2D eigenvalue weighted by molar-refractivity contribution is -0.141. The second-order valence-electron chi connectivity index (χ2n) is 5.19. The lowest BCUT2D eigenvalue weighted by Gasteiger charge is -2.18. The maximum atomic E-state index is 12.4. The van der Waals surface area contributed by atoms with Crippen LogP contribution in [0, 0.1) is 0 Å². The van der Waals surface area contributed by atoms with E-state index in [4.69, 9.17) is 27.9 Å². The van der Waals surface area contributed by atoms with E-state index in [0.717, 1.165) is 5.56 Å². The molecule has 0 aliphatic rings. The second-order valence-corrected chi connectivity index (χ2v) is 6.00. The summed E-state index contributed by atoms with van der Waals surface area (Å²) in [7, 11) is 1.32. The van der Waals surface area contributed by atoms with Gasteiger partial charge in [0.25, 0.3) is 0 Å². The number of ether oxygens (including phenoxy) is 1. The summed E-state index contributed by atoms with van der Waals surface area (Å²) < 4.78 is 4.71. The van der Waals surface area contributed by atoms with Crippen LogP contribution < -0.4 is 5.32 Å². The van der Waals surface area contributed by atoms with Crippen LogP contribution in [0.1, 0.15) is 23.6 Å². The number of esters is 1. The number of rotatable bonds is 6. The van der Waals surface area contributed by atoms with E-state index in [1.54, 1.807) is 18.2 Å². The van der Waals surface area contributed by atoms with E-state index in [2.05, 4.69) is 5.32 Å². The summed E-state index contributed by atoms with van der Waals surface area (Å²) in [6.45, 7) is 0. The molecule has 24 heavy (non-hydrogen) atoms. The fourth-order valence-electron chi connectivity index (χ4n) is 2.29. The van der Waals surface area contributed by atoms with Gasteiger partial charge in [-0.1, -0.05) is 59.6 Å². The summed E-state index contributed by atoms with van der Waals surface area (Å²) in [6.07, 6.45) is 0.0749. The number of carbonyl (C=O) groups excluding carboxylic acids is 2. The zero-order valence-electron chi connectivity index (χ0n) is 13.1. The smallest absolute Gasteiger partial charge is 0.307 e. The van der Waals surface area contributed by atoms with E-state index in [1.165, 1.54) is 7.11 Å². The fraction of sp³-hybridized carbons (Fsp3) is 0.222. The van der Waals surface area contributed by atoms with E-state index >= 15 is 0 Å². The number of nitrogens with one attached hydrogen (secondary N) is 1. The van der Waals surface area contributed by atoms with Crippen LogP contribution in [-0.4, -0.2) is 19.0 Å². The van der Waals surface area contributed by atoms with Gasteiger partial charge in [-0.05, 0) is 23.3 Å². The van der Waals surface area contributed by atoms with Gasteiger partial charge in [-0.15, -0.1) is 0 Å². The average Bonchev–Trinajstić information content (AvgIpc) is 2.58. The van der Waals surface area contributed by atoms with Crippen molar-refractivity contribution in [3.05, 3.63) is 69.7 Å². The van der Waals surface area contributed by atoms with Crippen LogP contribution in [0.15, 0.2) is 48.5 Å². The normalized spacial score (nSPS) is 11.6. The van der Waals surface area contributed by atoms with E-state index in [1.807, 2.05) is 30.3 Å². The van der Waals surface area contributed by atoms with Gasteiger partial charge in [0.15, 0.2) is 0 Å². The molecule has 1 amide bonds. The number of hydrogen-bond acceptors (Lipinski definition) is 3. The highest BCUT2D eigenvalue weighted by Gasteiger charge is 2.20. The van der Waals surface area contributed by atoms with E-state index in [9.17, 15) is 9.59 Å². The van der Waals surface area contributed by atoms with Gasteiger partial charge in [0.2, 0.25) is 5.91 Å². The first-order valence-electron chi connectivity index (χ1n) is 7.35. The molecule has 0 aliphatic heterocycles. The number of halogens is 2. The molecule has 0 spiro atoms. The second kappa shape index (κ2) is 8.71. The molecule has 2 rings (SSSR count).